The van der Waals surface area contributed by atoms with Crippen LogP contribution < -0.4 is 5.32 Å². The number of nitrogens with one attached hydrogen (secondary N) is 1. The fraction of sp³-hybridized carbons (Fsp3) is 0.0714. The van der Waals surface area contributed by atoms with Gasteiger partial charge in [0.2, 0.25) is 5.91 Å². The lowest BCUT2D eigenvalue weighted by Crippen LogP contribution is -2.23. The lowest BCUT2D eigenvalue weighted by Gasteiger charge is -2.08. The molecule has 116 valence electrons. The van der Waals surface area contributed by atoms with Gasteiger partial charge in [0.25, 0.3) is 0 Å². The van der Waals surface area contributed by atoms with Gasteiger partial charge in [0.15, 0.2) is 9.84 Å². The van der Waals surface area contributed by atoms with Gasteiger partial charge in [0.05, 0.1) is 10.6 Å². The second-order valence-corrected chi connectivity index (χ2v) is 7.25. The number of sulfone groups is 1. The highest BCUT2D eigenvalue weighted by molar-refractivity contribution is 7.92. The molecule has 1 amide bonds. The Morgan fingerprint density at radius 3 is 2.23 bits per heavy atom. The average Bonchev–Trinajstić information content (AvgIpc) is 2.42. The largest absolute Gasteiger partial charge is 0.323 e. The Morgan fingerprint density at radius 1 is 1.05 bits per heavy atom. The quantitative estimate of drug-likeness (QED) is 0.905. The number of benzene rings is 2. The van der Waals surface area contributed by atoms with Crippen molar-refractivity contribution in [1.29, 1.82) is 0 Å². The van der Waals surface area contributed by atoms with Crippen molar-refractivity contribution in [2.45, 2.75) is 4.90 Å². The summed E-state index contributed by atoms with van der Waals surface area (Å²) in [6.45, 7) is 0. The van der Waals surface area contributed by atoms with Crippen molar-refractivity contribution in [2.75, 3.05) is 11.1 Å². The van der Waals surface area contributed by atoms with E-state index in [1.165, 1.54) is 36.4 Å². The molecular formula is C14H10Cl2FNO3S. The maximum atomic E-state index is 13.5. The van der Waals surface area contributed by atoms with Gasteiger partial charge in [-0.3, -0.25) is 4.79 Å². The molecule has 1 N–H and O–H groups in total. The van der Waals surface area contributed by atoms with E-state index in [4.69, 9.17) is 23.2 Å². The van der Waals surface area contributed by atoms with Crippen LogP contribution in [0.1, 0.15) is 0 Å². The molecule has 0 atom stereocenters. The van der Waals surface area contributed by atoms with Crippen molar-refractivity contribution in [3.05, 3.63) is 58.3 Å². The number of hydrogen-bond donors (Lipinski definition) is 1. The summed E-state index contributed by atoms with van der Waals surface area (Å²) >= 11 is 11.3. The summed E-state index contributed by atoms with van der Waals surface area (Å²) in [5, 5.41) is 2.75. The highest BCUT2D eigenvalue weighted by Gasteiger charge is 2.20. The molecular weight excluding hydrogens is 352 g/mol. The molecule has 0 fully saturated rings. The van der Waals surface area contributed by atoms with E-state index in [2.05, 4.69) is 5.32 Å². The number of carbonyl (C=O) groups is 1. The molecule has 0 aliphatic rings. The van der Waals surface area contributed by atoms with Crippen molar-refractivity contribution in [2.24, 2.45) is 0 Å². The summed E-state index contributed by atoms with van der Waals surface area (Å²) in [5.41, 5.74) is -0.138. The van der Waals surface area contributed by atoms with Crippen LogP contribution in [-0.2, 0) is 14.6 Å². The standard InChI is InChI=1S/C14H10Cl2FNO3S/c15-9-1-4-11(5-2-9)22(20,21)8-14(19)18-13-6-3-10(16)7-12(13)17/h1-7H,8H2,(H,18,19). The molecule has 0 saturated carbocycles. The molecule has 22 heavy (non-hydrogen) atoms. The first-order valence-corrected chi connectivity index (χ1v) is 8.42. The van der Waals surface area contributed by atoms with Crippen LogP contribution in [0.25, 0.3) is 0 Å². The van der Waals surface area contributed by atoms with Crippen molar-refractivity contribution in [3.8, 4) is 0 Å². The second-order valence-electron chi connectivity index (χ2n) is 4.39. The van der Waals surface area contributed by atoms with E-state index in [0.29, 0.717) is 5.02 Å². The molecule has 0 saturated heterocycles. The van der Waals surface area contributed by atoms with E-state index in [0.717, 1.165) is 6.07 Å². The molecule has 2 rings (SSSR count). The summed E-state index contributed by atoms with van der Waals surface area (Å²) in [5.74, 6) is -2.41. The van der Waals surface area contributed by atoms with E-state index < -0.39 is 27.3 Å². The summed E-state index contributed by atoms with van der Waals surface area (Å²) in [7, 11) is -3.84. The fourth-order valence-corrected chi connectivity index (χ4v) is 3.09. The Labute approximate surface area is 136 Å². The molecule has 0 aromatic heterocycles. The van der Waals surface area contributed by atoms with Gasteiger partial charge < -0.3 is 5.32 Å². The van der Waals surface area contributed by atoms with Gasteiger partial charge in [0, 0.05) is 10.0 Å². The van der Waals surface area contributed by atoms with Crippen molar-refractivity contribution < 1.29 is 17.6 Å². The van der Waals surface area contributed by atoms with Gasteiger partial charge in [-0.2, -0.15) is 0 Å². The first-order valence-electron chi connectivity index (χ1n) is 6.01. The number of hydrogen-bond acceptors (Lipinski definition) is 3. The first kappa shape index (κ1) is 16.7. The molecule has 2 aromatic rings. The normalized spacial score (nSPS) is 11.2. The van der Waals surface area contributed by atoms with Crippen LogP contribution in [0.3, 0.4) is 0 Å². The van der Waals surface area contributed by atoms with E-state index in [-0.39, 0.29) is 15.6 Å². The molecule has 0 bridgehead atoms. The van der Waals surface area contributed by atoms with Crippen LogP contribution in [-0.4, -0.2) is 20.1 Å². The Balaban J connectivity index is 2.12. The Hall–Kier alpha value is -1.63. The van der Waals surface area contributed by atoms with Gasteiger partial charge in [-0.15, -0.1) is 0 Å². The molecule has 4 nitrogen and oxygen atoms in total. The second kappa shape index (κ2) is 6.64. The van der Waals surface area contributed by atoms with Gasteiger partial charge in [-0.1, -0.05) is 23.2 Å². The Bertz CT molecular complexity index is 807. The molecule has 0 unspecified atom stereocenters. The van der Waals surface area contributed by atoms with E-state index in [1.54, 1.807) is 0 Å². The Morgan fingerprint density at radius 2 is 1.64 bits per heavy atom. The van der Waals surface area contributed by atoms with E-state index in [9.17, 15) is 17.6 Å². The fourth-order valence-electron chi connectivity index (χ4n) is 1.67. The monoisotopic (exact) mass is 361 g/mol. The number of carbonyl (C=O) groups excluding carboxylic acids is 1. The smallest absolute Gasteiger partial charge is 0.240 e. The van der Waals surface area contributed by atoms with Crippen LogP contribution in [0.15, 0.2) is 47.4 Å². The van der Waals surface area contributed by atoms with Crippen LogP contribution in [0.4, 0.5) is 10.1 Å². The maximum absolute atomic E-state index is 13.5. The van der Waals surface area contributed by atoms with Gasteiger partial charge in [-0.05, 0) is 42.5 Å². The number of anilines is 1. The zero-order valence-corrected chi connectivity index (χ0v) is 13.3. The maximum Gasteiger partial charge on any atom is 0.240 e. The number of halogens is 3. The summed E-state index contributed by atoms with van der Waals surface area (Å²) in [6, 6.07) is 9.07. The highest BCUT2D eigenvalue weighted by atomic mass is 35.5. The Kier molecular flexibility index (Phi) is 5.05. The van der Waals surface area contributed by atoms with Gasteiger partial charge in [-0.25, -0.2) is 12.8 Å². The zero-order valence-electron chi connectivity index (χ0n) is 11.0. The molecule has 0 radical (unpaired) electrons. The van der Waals surface area contributed by atoms with E-state index in [1.807, 2.05) is 0 Å². The minimum absolute atomic E-state index is 0.0383. The highest BCUT2D eigenvalue weighted by Crippen LogP contribution is 2.20. The summed E-state index contributed by atoms with van der Waals surface area (Å²) in [6.07, 6.45) is 0. The van der Waals surface area contributed by atoms with Gasteiger partial charge in [0.1, 0.15) is 11.6 Å². The molecule has 0 aliphatic heterocycles. The van der Waals surface area contributed by atoms with Crippen LogP contribution in [0, 0.1) is 5.82 Å². The molecule has 2 aromatic carbocycles. The molecule has 0 aliphatic carbocycles. The lowest BCUT2D eigenvalue weighted by molar-refractivity contribution is -0.113. The van der Waals surface area contributed by atoms with Crippen LogP contribution >= 0.6 is 23.2 Å². The molecule has 8 heteroatoms. The van der Waals surface area contributed by atoms with Crippen LogP contribution in [0.5, 0.6) is 0 Å². The third kappa shape index (κ3) is 4.19. The van der Waals surface area contributed by atoms with Crippen molar-refractivity contribution >= 4 is 44.6 Å². The van der Waals surface area contributed by atoms with E-state index >= 15 is 0 Å². The third-order valence-electron chi connectivity index (χ3n) is 2.70. The average molecular weight is 362 g/mol. The van der Waals surface area contributed by atoms with Gasteiger partial charge >= 0.3 is 0 Å². The molecule has 0 heterocycles. The first-order chi connectivity index (χ1) is 10.3. The van der Waals surface area contributed by atoms with Crippen molar-refractivity contribution in [1.82, 2.24) is 0 Å². The lowest BCUT2D eigenvalue weighted by atomic mass is 10.3. The predicted octanol–water partition coefficient (Wildman–Crippen LogP) is 3.54. The number of rotatable bonds is 4. The topological polar surface area (TPSA) is 63.2 Å². The zero-order chi connectivity index (χ0) is 16.3. The molecule has 0 spiro atoms. The SMILES string of the molecule is O=C(CS(=O)(=O)c1ccc(Cl)cc1)Nc1ccc(Cl)cc1F. The van der Waals surface area contributed by atoms with Crippen LogP contribution in [0.2, 0.25) is 10.0 Å². The summed E-state index contributed by atoms with van der Waals surface area (Å²) < 4.78 is 37.7. The summed E-state index contributed by atoms with van der Waals surface area (Å²) in [4.78, 5) is 11.8. The number of amides is 1. The minimum atomic E-state index is -3.84. The third-order valence-corrected chi connectivity index (χ3v) is 4.82. The predicted molar refractivity (Wildman–Crippen MR) is 83.5 cm³/mol. The minimum Gasteiger partial charge on any atom is -0.323 e. The van der Waals surface area contributed by atoms with Crippen molar-refractivity contribution in [3.63, 3.8) is 0 Å².